The number of aliphatic hydroxyl groups excluding tert-OH is 10. The normalized spacial score (nSPS) is 19.6. The van der Waals surface area contributed by atoms with Crippen LogP contribution in [0.3, 0.4) is 0 Å². The maximum Gasteiger partial charge on any atom is 0.335 e. The van der Waals surface area contributed by atoms with Crippen molar-refractivity contribution in [3.05, 3.63) is 0 Å². The average molecular weight is 505 g/mol. The molecule has 15 heteroatoms. The van der Waals surface area contributed by atoms with Crippen molar-refractivity contribution in [1.29, 1.82) is 0 Å². The Hall–Kier alpha value is -0.538. The molecule has 0 rings (SSSR count). The van der Waals surface area contributed by atoms with Crippen LogP contribution in [0, 0.1) is 0 Å². The van der Waals surface area contributed by atoms with Crippen molar-refractivity contribution in [1.82, 2.24) is 0 Å². The second kappa shape index (κ2) is 15.4. The van der Waals surface area contributed by atoms with Crippen molar-refractivity contribution in [3.8, 4) is 0 Å². The summed E-state index contributed by atoms with van der Waals surface area (Å²) in [5.41, 5.74) is 0. The van der Waals surface area contributed by atoms with E-state index in [1.54, 1.807) is 0 Å². The molecular formula is C12H24CdO14. The van der Waals surface area contributed by atoms with Crippen molar-refractivity contribution in [2.24, 2.45) is 0 Å². The van der Waals surface area contributed by atoms with E-state index < -0.39 is 74.0 Å². The van der Waals surface area contributed by atoms with E-state index in [0.29, 0.717) is 0 Å². The smallest absolute Gasteiger partial charge is 0.335 e. The van der Waals surface area contributed by atoms with Gasteiger partial charge in [-0.15, -0.1) is 0 Å². The molecule has 0 aromatic carbocycles. The number of aliphatic carboxylic acids is 2. The van der Waals surface area contributed by atoms with Crippen LogP contribution in [0.25, 0.3) is 0 Å². The Bertz CT molecular complexity index is 385. The predicted molar refractivity (Wildman–Crippen MR) is 77.5 cm³/mol. The van der Waals surface area contributed by atoms with E-state index in [2.05, 4.69) is 0 Å². The summed E-state index contributed by atoms with van der Waals surface area (Å²) in [5, 5.41) is 104. The van der Waals surface area contributed by atoms with Crippen LogP contribution in [0.2, 0.25) is 0 Å². The van der Waals surface area contributed by atoms with Gasteiger partial charge in [-0.25, -0.2) is 9.59 Å². The van der Waals surface area contributed by atoms with E-state index in [9.17, 15) is 9.59 Å². The van der Waals surface area contributed by atoms with Gasteiger partial charge in [-0.1, -0.05) is 0 Å². The Labute approximate surface area is 172 Å². The fourth-order valence-electron chi connectivity index (χ4n) is 1.34. The molecular weight excluding hydrogens is 481 g/mol. The van der Waals surface area contributed by atoms with Gasteiger partial charge < -0.3 is 61.3 Å². The quantitative estimate of drug-likeness (QED) is 0.123. The van der Waals surface area contributed by atoms with Gasteiger partial charge in [0, 0.05) is 27.3 Å². The Morgan fingerprint density at radius 1 is 0.556 bits per heavy atom. The van der Waals surface area contributed by atoms with Gasteiger partial charge in [0.1, 0.15) is 36.6 Å². The summed E-state index contributed by atoms with van der Waals surface area (Å²) in [4.78, 5) is 20.2. The Morgan fingerprint density at radius 2 is 0.778 bits per heavy atom. The van der Waals surface area contributed by atoms with Crippen LogP contribution in [0.5, 0.6) is 0 Å². The standard InChI is InChI=1S/2C6H12O7.Cd/c2*7-1-2(8)3(9)4(10)5(11)6(12)13;/h2*2-5,7-11H,1H2,(H,12,13);. The van der Waals surface area contributed by atoms with Gasteiger partial charge in [-0.05, 0) is 0 Å². The van der Waals surface area contributed by atoms with Crippen molar-refractivity contribution in [3.63, 3.8) is 0 Å². The van der Waals surface area contributed by atoms with E-state index >= 15 is 0 Å². The largest absolute Gasteiger partial charge is 0.479 e. The molecule has 0 bridgehead atoms. The molecule has 0 saturated carbocycles. The first-order chi connectivity index (χ1) is 11.8. The number of aliphatic hydroxyl groups is 10. The predicted octanol–water partition coefficient (Wildman–Crippen LogP) is -6.99. The molecule has 0 amide bonds. The van der Waals surface area contributed by atoms with Gasteiger partial charge in [0.15, 0.2) is 12.2 Å². The molecule has 0 saturated heterocycles. The molecule has 14 nitrogen and oxygen atoms in total. The first kappa shape index (κ1) is 31.2. The summed E-state index contributed by atoms with van der Waals surface area (Å²) in [7, 11) is 0. The van der Waals surface area contributed by atoms with Gasteiger partial charge >= 0.3 is 11.9 Å². The fraction of sp³-hybridized carbons (Fsp3) is 0.833. The average Bonchev–Trinajstić information content (AvgIpc) is 2.62. The fourth-order valence-corrected chi connectivity index (χ4v) is 1.34. The zero-order chi connectivity index (χ0) is 21.2. The SMILES string of the molecule is O=C(O)C(O)C(O)C(O)C(O)CO.O=C(O)C(O)C(O)C(O)C(O)CO.[Cd]. The van der Waals surface area contributed by atoms with Crippen LogP contribution < -0.4 is 0 Å². The summed E-state index contributed by atoms with van der Waals surface area (Å²) in [5.74, 6) is -3.45. The first-order valence-electron chi connectivity index (χ1n) is 6.95. The molecule has 158 valence electrons. The van der Waals surface area contributed by atoms with Crippen molar-refractivity contribution < 1.29 is 98.2 Å². The van der Waals surface area contributed by atoms with Crippen molar-refractivity contribution in [2.45, 2.75) is 48.8 Å². The molecule has 0 aliphatic carbocycles. The second-order valence-electron chi connectivity index (χ2n) is 5.03. The van der Waals surface area contributed by atoms with Crippen LogP contribution in [-0.2, 0) is 36.9 Å². The van der Waals surface area contributed by atoms with Crippen LogP contribution in [0.1, 0.15) is 0 Å². The molecule has 0 radical (unpaired) electrons. The molecule has 8 atom stereocenters. The Morgan fingerprint density at radius 3 is 0.926 bits per heavy atom. The summed E-state index contributed by atoms with van der Waals surface area (Å²) >= 11 is 0. The monoisotopic (exact) mass is 506 g/mol. The summed E-state index contributed by atoms with van der Waals surface area (Å²) in [6.45, 7) is -1.69. The molecule has 0 aliphatic heterocycles. The van der Waals surface area contributed by atoms with Gasteiger partial charge in [0.2, 0.25) is 0 Å². The molecule has 0 heterocycles. The minimum atomic E-state index is -2.20. The Balaban J connectivity index is -0.000000411. The minimum absolute atomic E-state index is 0. The molecule has 0 aromatic heterocycles. The molecule has 0 fully saturated rings. The number of carboxylic acid groups (broad SMARTS) is 2. The van der Waals surface area contributed by atoms with Crippen LogP contribution >= 0.6 is 0 Å². The van der Waals surface area contributed by atoms with E-state index in [1.807, 2.05) is 0 Å². The number of rotatable bonds is 10. The third-order valence-electron chi connectivity index (χ3n) is 3.02. The molecule has 8 unspecified atom stereocenters. The summed E-state index contributed by atoms with van der Waals surface area (Å²) < 4.78 is 0. The maximum atomic E-state index is 10.1. The zero-order valence-electron chi connectivity index (χ0n) is 13.9. The number of hydrogen-bond acceptors (Lipinski definition) is 12. The topological polar surface area (TPSA) is 277 Å². The van der Waals surface area contributed by atoms with E-state index in [0.717, 1.165) is 0 Å². The van der Waals surface area contributed by atoms with Crippen LogP contribution in [0.15, 0.2) is 0 Å². The molecule has 0 aliphatic rings. The van der Waals surface area contributed by atoms with Gasteiger partial charge in [0.05, 0.1) is 13.2 Å². The summed E-state index contributed by atoms with van der Waals surface area (Å²) in [6.07, 6.45) is -15.7. The molecule has 27 heavy (non-hydrogen) atoms. The number of carbonyl (C=O) groups is 2. The molecule has 0 spiro atoms. The van der Waals surface area contributed by atoms with Gasteiger partial charge in [-0.3, -0.25) is 0 Å². The first-order valence-corrected chi connectivity index (χ1v) is 6.95. The minimum Gasteiger partial charge on any atom is -0.479 e. The maximum absolute atomic E-state index is 10.1. The van der Waals surface area contributed by atoms with Crippen LogP contribution in [-0.4, -0.2) is 135 Å². The Kier molecular flexibility index (Phi) is 17.8. The van der Waals surface area contributed by atoms with Gasteiger partial charge in [0.25, 0.3) is 0 Å². The molecule has 0 aromatic rings. The zero-order valence-corrected chi connectivity index (χ0v) is 18.0. The number of carboxylic acids is 2. The van der Waals surface area contributed by atoms with Crippen molar-refractivity contribution in [2.75, 3.05) is 13.2 Å². The molecule has 12 N–H and O–H groups in total. The second-order valence-corrected chi connectivity index (χ2v) is 5.03. The van der Waals surface area contributed by atoms with E-state index in [-0.39, 0.29) is 27.3 Å². The van der Waals surface area contributed by atoms with E-state index in [4.69, 9.17) is 61.3 Å². The third-order valence-corrected chi connectivity index (χ3v) is 3.02. The van der Waals surface area contributed by atoms with E-state index in [1.165, 1.54) is 0 Å². The van der Waals surface area contributed by atoms with Crippen molar-refractivity contribution >= 4 is 11.9 Å². The third kappa shape index (κ3) is 11.1. The van der Waals surface area contributed by atoms with Gasteiger partial charge in [-0.2, -0.15) is 0 Å². The summed E-state index contributed by atoms with van der Waals surface area (Å²) in [6, 6.07) is 0. The van der Waals surface area contributed by atoms with Crippen LogP contribution in [0.4, 0.5) is 0 Å². The number of hydrogen-bond donors (Lipinski definition) is 12.